The molecule has 0 radical (unpaired) electrons. The molecule has 2 aromatic rings. The summed E-state index contributed by atoms with van der Waals surface area (Å²) in [5.74, 6) is -0.830. The molecule has 3 amide bonds. The Morgan fingerprint density at radius 2 is 1.86 bits per heavy atom. The molecule has 3 atom stereocenters. The number of carbonyl (C=O) groups is 3. The molecule has 5 rings (SSSR count). The quantitative estimate of drug-likeness (QED) is 0.509. The van der Waals surface area contributed by atoms with Gasteiger partial charge in [0, 0.05) is 31.4 Å². The number of likely N-dealkylation sites (N-methyl/N-ethyl adjacent to an activating group) is 1. The monoisotopic (exact) mass is 588 g/mol. The van der Waals surface area contributed by atoms with Crippen molar-refractivity contribution in [1.82, 2.24) is 15.1 Å². The van der Waals surface area contributed by atoms with Gasteiger partial charge < -0.3 is 29.9 Å². The molecule has 226 valence electrons. The van der Waals surface area contributed by atoms with Crippen LogP contribution >= 0.6 is 0 Å². The lowest BCUT2D eigenvalue weighted by Crippen LogP contribution is -2.54. The van der Waals surface area contributed by atoms with Crippen LogP contribution in [0.2, 0.25) is 0 Å². The lowest BCUT2D eigenvalue weighted by molar-refractivity contribution is -0.137. The van der Waals surface area contributed by atoms with Crippen molar-refractivity contribution < 1.29 is 37.0 Å². The van der Waals surface area contributed by atoms with E-state index < -0.39 is 23.8 Å². The van der Waals surface area contributed by atoms with E-state index in [4.69, 9.17) is 9.47 Å². The SMILES string of the molecule is CN1C(=O)c2cc(NC(=O)c3cccc(C(F)(F)F)c3)ccc2OC[C@@H]2O[C@H](CC(=O)NCCN3CCCC3)CC[C@@H]21. The van der Waals surface area contributed by atoms with Crippen LogP contribution in [0.25, 0.3) is 0 Å². The van der Waals surface area contributed by atoms with Gasteiger partial charge in [0.25, 0.3) is 11.8 Å². The van der Waals surface area contributed by atoms with Gasteiger partial charge in [0.05, 0.1) is 29.7 Å². The summed E-state index contributed by atoms with van der Waals surface area (Å²) in [6.45, 7) is 3.78. The number of carbonyl (C=O) groups excluding carboxylic acids is 3. The van der Waals surface area contributed by atoms with E-state index in [2.05, 4.69) is 15.5 Å². The van der Waals surface area contributed by atoms with E-state index in [1.165, 1.54) is 43.2 Å². The molecule has 9 nitrogen and oxygen atoms in total. The molecule has 12 heteroatoms. The number of anilines is 1. The summed E-state index contributed by atoms with van der Waals surface area (Å²) in [5, 5.41) is 5.55. The molecule has 0 bridgehead atoms. The molecule has 2 fully saturated rings. The number of benzene rings is 2. The predicted molar refractivity (Wildman–Crippen MR) is 148 cm³/mol. The van der Waals surface area contributed by atoms with Crippen LogP contribution < -0.4 is 15.4 Å². The number of alkyl halides is 3. The Bertz CT molecular complexity index is 1310. The third-order valence-corrected chi connectivity index (χ3v) is 8.08. The Balaban J connectivity index is 1.20. The molecular formula is C30H35F3N4O5. The van der Waals surface area contributed by atoms with Crippen molar-refractivity contribution in [1.29, 1.82) is 0 Å². The van der Waals surface area contributed by atoms with Crippen LogP contribution in [0.15, 0.2) is 42.5 Å². The molecule has 0 spiro atoms. The highest BCUT2D eigenvalue weighted by Gasteiger charge is 2.39. The van der Waals surface area contributed by atoms with Crippen molar-refractivity contribution in [2.45, 2.75) is 56.5 Å². The number of halogens is 3. The van der Waals surface area contributed by atoms with Gasteiger partial charge in [0.15, 0.2) is 0 Å². The zero-order valence-electron chi connectivity index (χ0n) is 23.4. The summed E-state index contributed by atoms with van der Waals surface area (Å²) < 4.78 is 51.4. The van der Waals surface area contributed by atoms with Crippen molar-refractivity contribution in [3.05, 3.63) is 59.2 Å². The molecule has 2 N–H and O–H groups in total. The van der Waals surface area contributed by atoms with Crippen molar-refractivity contribution in [3.8, 4) is 5.75 Å². The average Bonchev–Trinajstić information content (AvgIpc) is 3.48. The fraction of sp³-hybridized carbons (Fsp3) is 0.500. The van der Waals surface area contributed by atoms with Gasteiger partial charge in [-0.05, 0) is 75.2 Å². The number of nitrogens with one attached hydrogen (secondary N) is 2. The normalized spacial score (nSPS) is 22.8. The fourth-order valence-electron chi connectivity index (χ4n) is 5.78. The summed E-state index contributed by atoms with van der Waals surface area (Å²) >= 11 is 0. The van der Waals surface area contributed by atoms with Gasteiger partial charge in [-0.1, -0.05) is 6.07 Å². The zero-order valence-corrected chi connectivity index (χ0v) is 23.4. The minimum Gasteiger partial charge on any atom is -0.490 e. The Kier molecular flexibility index (Phi) is 9.02. The molecule has 2 saturated heterocycles. The third-order valence-electron chi connectivity index (χ3n) is 8.08. The maximum absolute atomic E-state index is 13.5. The lowest BCUT2D eigenvalue weighted by atomic mass is 9.94. The molecule has 0 aromatic heterocycles. The second kappa shape index (κ2) is 12.7. The highest BCUT2D eigenvalue weighted by molar-refractivity contribution is 6.05. The van der Waals surface area contributed by atoms with E-state index in [-0.39, 0.29) is 53.8 Å². The smallest absolute Gasteiger partial charge is 0.416 e. The van der Waals surface area contributed by atoms with E-state index in [9.17, 15) is 27.6 Å². The van der Waals surface area contributed by atoms with Crippen LogP contribution in [0.3, 0.4) is 0 Å². The van der Waals surface area contributed by atoms with E-state index in [0.29, 0.717) is 25.1 Å². The summed E-state index contributed by atoms with van der Waals surface area (Å²) in [6, 6.07) is 8.37. The first-order chi connectivity index (χ1) is 20.1. The number of hydrogen-bond acceptors (Lipinski definition) is 6. The highest BCUT2D eigenvalue weighted by Crippen LogP contribution is 2.33. The zero-order chi connectivity index (χ0) is 29.9. The van der Waals surface area contributed by atoms with Gasteiger partial charge in [0.2, 0.25) is 5.91 Å². The van der Waals surface area contributed by atoms with Crippen LogP contribution in [0, 0.1) is 0 Å². The van der Waals surface area contributed by atoms with Gasteiger partial charge in [0.1, 0.15) is 18.5 Å². The molecule has 3 heterocycles. The first-order valence-electron chi connectivity index (χ1n) is 14.3. The predicted octanol–water partition coefficient (Wildman–Crippen LogP) is 3.94. The first kappa shape index (κ1) is 29.8. The van der Waals surface area contributed by atoms with Crippen LogP contribution in [0.5, 0.6) is 5.75 Å². The maximum atomic E-state index is 13.5. The average molecular weight is 589 g/mol. The number of ether oxygens (including phenoxy) is 2. The number of hydrogen-bond donors (Lipinski definition) is 2. The second-order valence-electron chi connectivity index (χ2n) is 11.0. The van der Waals surface area contributed by atoms with Crippen LogP contribution in [0.4, 0.5) is 18.9 Å². The summed E-state index contributed by atoms with van der Waals surface area (Å²) in [5.41, 5.74) is -0.622. The summed E-state index contributed by atoms with van der Waals surface area (Å²) in [7, 11) is 1.68. The molecule has 2 aromatic carbocycles. The van der Waals surface area contributed by atoms with Crippen molar-refractivity contribution in [2.75, 3.05) is 45.2 Å². The number of fused-ring (bicyclic) bond motifs is 2. The number of amides is 3. The molecular weight excluding hydrogens is 553 g/mol. The number of nitrogens with zero attached hydrogens (tertiary/aromatic N) is 2. The molecule has 3 aliphatic heterocycles. The summed E-state index contributed by atoms with van der Waals surface area (Å²) in [4.78, 5) is 42.6. The minimum absolute atomic E-state index is 0.0566. The molecule has 42 heavy (non-hydrogen) atoms. The van der Waals surface area contributed by atoms with E-state index >= 15 is 0 Å². The molecule has 0 unspecified atom stereocenters. The van der Waals surface area contributed by atoms with Gasteiger partial charge in [-0.3, -0.25) is 14.4 Å². The van der Waals surface area contributed by atoms with Crippen LogP contribution in [0.1, 0.15) is 58.4 Å². The third kappa shape index (κ3) is 7.04. The van der Waals surface area contributed by atoms with E-state index in [1.807, 2.05) is 0 Å². The van der Waals surface area contributed by atoms with Crippen molar-refractivity contribution in [2.24, 2.45) is 0 Å². The largest absolute Gasteiger partial charge is 0.490 e. The molecule has 0 saturated carbocycles. The van der Waals surface area contributed by atoms with Crippen molar-refractivity contribution >= 4 is 23.4 Å². The lowest BCUT2D eigenvalue weighted by Gasteiger charge is -2.42. The van der Waals surface area contributed by atoms with Gasteiger partial charge in [-0.15, -0.1) is 0 Å². The maximum Gasteiger partial charge on any atom is 0.416 e. The van der Waals surface area contributed by atoms with Crippen molar-refractivity contribution in [3.63, 3.8) is 0 Å². The molecule has 3 aliphatic rings. The van der Waals surface area contributed by atoms with Crippen LogP contribution in [-0.2, 0) is 15.7 Å². The van der Waals surface area contributed by atoms with Gasteiger partial charge >= 0.3 is 6.18 Å². The summed E-state index contributed by atoms with van der Waals surface area (Å²) in [6.07, 6.45) is -1.39. The highest BCUT2D eigenvalue weighted by atomic mass is 19.4. The van der Waals surface area contributed by atoms with Crippen LogP contribution in [-0.4, -0.2) is 85.6 Å². The van der Waals surface area contributed by atoms with E-state index in [0.717, 1.165) is 31.8 Å². The first-order valence-corrected chi connectivity index (χ1v) is 14.3. The fourth-order valence-corrected chi connectivity index (χ4v) is 5.78. The second-order valence-corrected chi connectivity index (χ2v) is 11.0. The van der Waals surface area contributed by atoms with E-state index in [1.54, 1.807) is 11.9 Å². The van der Waals surface area contributed by atoms with Gasteiger partial charge in [-0.2, -0.15) is 13.2 Å². The van der Waals surface area contributed by atoms with Gasteiger partial charge in [-0.25, -0.2) is 0 Å². The Morgan fingerprint density at radius 1 is 1.07 bits per heavy atom. The number of likely N-dealkylation sites (tertiary alicyclic amines) is 1. The Labute approximate surface area is 242 Å². The Hall–Kier alpha value is -3.64. The topological polar surface area (TPSA) is 100 Å². The number of rotatable bonds is 7. The standard InChI is InChI=1S/C30H35F3N4O5/c1-36-24-9-8-22(17-27(38)34-11-14-37-12-2-3-13-37)42-26(24)18-41-25-10-7-21(16-23(25)29(36)40)35-28(39)19-5-4-6-20(15-19)30(31,32)33/h4-7,10,15-16,22,24,26H,2-3,8-9,11-14,17-18H2,1H3,(H,34,38)(H,35,39)/t22-,24-,26-/m0/s1. The minimum atomic E-state index is -4.58. The molecule has 0 aliphatic carbocycles. The Morgan fingerprint density at radius 3 is 2.62 bits per heavy atom.